The van der Waals surface area contributed by atoms with Crippen molar-refractivity contribution in [2.24, 2.45) is 13.0 Å². The predicted octanol–water partition coefficient (Wildman–Crippen LogP) is 1.37. The molecule has 18 heavy (non-hydrogen) atoms. The summed E-state index contributed by atoms with van der Waals surface area (Å²) in [6, 6.07) is 0. The van der Waals surface area contributed by atoms with Gasteiger partial charge in [0.1, 0.15) is 0 Å². The Morgan fingerprint density at radius 1 is 1.44 bits per heavy atom. The third-order valence-electron chi connectivity index (χ3n) is 3.71. The number of carbonyl (C=O) groups is 1. The summed E-state index contributed by atoms with van der Waals surface area (Å²) in [6.07, 6.45) is 2.81. The molecule has 0 aromatic carbocycles. The minimum Gasteiger partial charge on any atom is -0.323 e. The summed E-state index contributed by atoms with van der Waals surface area (Å²) in [4.78, 5) is 12.0. The second-order valence-corrected chi connectivity index (χ2v) is 5.12. The van der Waals surface area contributed by atoms with E-state index in [4.69, 9.17) is 0 Å². The predicted molar refractivity (Wildman–Crippen MR) is 71.5 cm³/mol. The molecule has 0 spiro atoms. The molecular formula is C13H22N4O. The molecule has 0 bridgehead atoms. The van der Waals surface area contributed by atoms with Crippen molar-refractivity contribution >= 4 is 11.6 Å². The molecular weight excluding hydrogens is 228 g/mol. The number of hydrogen-bond acceptors (Lipinski definition) is 3. The molecule has 1 aromatic rings. The lowest BCUT2D eigenvalue weighted by molar-refractivity contribution is -0.117. The van der Waals surface area contributed by atoms with E-state index in [1.807, 2.05) is 20.9 Å². The number of anilines is 1. The Bertz CT molecular complexity index is 432. The third-order valence-corrected chi connectivity index (χ3v) is 3.71. The number of amides is 1. The molecule has 2 rings (SSSR count). The molecule has 2 N–H and O–H groups in total. The number of nitrogens with zero attached hydrogens (tertiary/aromatic N) is 2. The first kappa shape index (κ1) is 13.1. The van der Waals surface area contributed by atoms with Crippen LogP contribution in [-0.2, 0) is 11.8 Å². The molecule has 1 amide bonds. The Kier molecular flexibility index (Phi) is 4.01. The SMILES string of the molecule is Cc1nn(C)c(C)c1NC(=O)CC1CCNCC1. The van der Waals surface area contributed by atoms with Gasteiger partial charge in [-0.1, -0.05) is 0 Å². The van der Waals surface area contributed by atoms with E-state index in [1.54, 1.807) is 4.68 Å². The van der Waals surface area contributed by atoms with Crippen LogP contribution >= 0.6 is 0 Å². The zero-order chi connectivity index (χ0) is 13.1. The van der Waals surface area contributed by atoms with Gasteiger partial charge in [0.15, 0.2) is 0 Å². The van der Waals surface area contributed by atoms with Crippen molar-refractivity contribution in [1.82, 2.24) is 15.1 Å². The Balaban J connectivity index is 1.94. The topological polar surface area (TPSA) is 59.0 Å². The van der Waals surface area contributed by atoms with Gasteiger partial charge in [-0.25, -0.2) is 0 Å². The van der Waals surface area contributed by atoms with E-state index in [-0.39, 0.29) is 5.91 Å². The van der Waals surface area contributed by atoms with E-state index >= 15 is 0 Å². The number of rotatable bonds is 3. The fourth-order valence-corrected chi connectivity index (χ4v) is 2.49. The minimum atomic E-state index is 0.112. The molecule has 1 aromatic heterocycles. The molecule has 100 valence electrons. The van der Waals surface area contributed by atoms with Gasteiger partial charge >= 0.3 is 0 Å². The van der Waals surface area contributed by atoms with Crippen LogP contribution in [0.15, 0.2) is 0 Å². The maximum absolute atomic E-state index is 12.0. The second-order valence-electron chi connectivity index (χ2n) is 5.12. The molecule has 1 aliphatic heterocycles. The van der Waals surface area contributed by atoms with E-state index in [2.05, 4.69) is 15.7 Å². The van der Waals surface area contributed by atoms with E-state index < -0.39 is 0 Å². The number of aryl methyl sites for hydroxylation is 2. The molecule has 1 saturated heterocycles. The lowest BCUT2D eigenvalue weighted by Gasteiger charge is -2.21. The Hall–Kier alpha value is -1.36. The lowest BCUT2D eigenvalue weighted by Crippen LogP contribution is -2.30. The highest BCUT2D eigenvalue weighted by Gasteiger charge is 2.18. The summed E-state index contributed by atoms with van der Waals surface area (Å²) in [5, 5.41) is 10.6. The van der Waals surface area contributed by atoms with Gasteiger partial charge in [0, 0.05) is 13.5 Å². The fourth-order valence-electron chi connectivity index (χ4n) is 2.49. The van der Waals surface area contributed by atoms with Crippen LogP contribution in [0.4, 0.5) is 5.69 Å². The monoisotopic (exact) mass is 250 g/mol. The van der Waals surface area contributed by atoms with Gasteiger partial charge in [0.05, 0.1) is 17.1 Å². The molecule has 2 heterocycles. The van der Waals surface area contributed by atoms with Crippen molar-refractivity contribution in [2.75, 3.05) is 18.4 Å². The van der Waals surface area contributed by atoms with Gasteiger partial charge < -0.3 is 10.6 Å². The van der Waals surface area contributed by atoms with Crippen molar-refractivity contribution in [1.29, 1.82) is 0 Å². The van der Waals surface area contributed by atoms with E-state index in [0.717, 1.165) is 43.0 Å². The summed E-state index contributed by atoms with van der Waals surface area (Å²) in [5.74, 6) is 0.629. The third kappa shape index (κ3) is 2.90. The van der Waals surface area contributed by atoms with Gasteiger partial charge in [0.25, 0.3) is 0 Å². The average Bonchev–Trinajstić information content (AvgIpc) is 2.57. The van der Waals surface area contributed by atoms with E-state index in [9.17, 15) is 4.79 Å². The maximum atomic E-state index is 12.0. The average molecular weight is 250 g/mol. The molecule has 1 aliphatic rings. The van der Waals surface area contributed by atoms with Crippen LogP contribution in [-0.4, -0.2) is 28.8 Å². The summed E-state index contributed by atoms with van der Waals surface area (Å²) in [5.41, 5.74) is 2.76. The first-order valence-electron chi connectivity index (χ1n) is 6.58. The van der Waals surface area contributed by atoms with Crippen molar-refractivity contribution < 1.29 is 4.79 Å². The zero-order valence-electron chi connectivity index (χ0n) is 11.4. The number of aromatic nitrogens is 2. The van der Waals surface area contributed by atoms with Crippen LogP contribution in [0, 0.1) is 19.8 Å². The van der Waals surface area contributed by atoms with Crippen molar-refractivity contribution in [2.45, 2.75) is 33.1 Å². The normalized spacial score (nSPS) is 16.8. The lowest BCUT2D eigenvalue weighted by atomic mass is 9.94. The summed E-state index contributed by atoms with van der Waals surface area (Å²) < 4.78 is 1.80. The second kappa shape index (κ2) is 5.52. The van der Waals surface area contributed by atoms with Crippen LogP contribution in [0.25, 0.3) is 0 Å². The van der Waals surface area contributed by atoms with Crippen LogP contribution < -0.4 is 10.6 Å². The quantitative estimate of drug-likeness (QED) is 0.851. The standard InChI is InChI=1S/C13H22N4O/c1-9-13(10(2)17(3)16-9)15-12(18)8-11-4-6-14-7-5-11/h11,14H,4-8H2,1-3H3,(H,15,18). The maximum Gasteiger partial charge on any atom is 0.224 e. The number of piperidine rings is 1. The van der Waals surface area contributed by atoms with Gasteiger partial charge in [-0.15, -0.1) is 0 Å². The highest BCUT2D eigenvalue weighted by molar-refractivity contribution is 5.92. The molecule has 0 unspecified atom stereocenters. The molecule has 0 radical (unpaired) electrons. The van der Waals surface area contributed by atoms with Crippen LogP contribution in [0.2, 0.25) is 0 Å². The number of nitrogens with one attached hydrogen (secondary N) is 2. The number of hydrogen-bond donors (Lipinski definition) is 2. The summed E-state index contributed by atoms with van der Waals surface area (Å²) in [7, 11) is 1.89. The highest BCUT2D eigenvalue weighted by atomic mass is 16.1. The van der Waals surface area contributed by atoms with Crippen molar-refractivity contribution in [3.8, 4) is 0 Å². The van der Waals surface area contributed by atoms with Gasteiger partial charge in [-0.2, -0.15) is 5.10 Å². The van der Waals surface area contributed by atoms with Gasteiger partial charge in [0.2, 0.25) is 5.91 Å². The van der Waals surface area contributed by atoms with Gasteiger partial charge in [-0.05, 0) is 45.7 Å². The van der Waals surface area contributed by atoms with E-state index in [0.29, 0.717) is 12.3 Å². The van der Waals surface area contributed by atoms with Crippen molar-refractivity contribution in [3.63, 3.8) is 0 Å². The van der Waals surface area contributed by atoms with Gasteiger partial charge in [-0.3, -0.25) is 9.48 Å². The Morgan fingerprint density at radius 2 is 2.11 bits per heavy atom. The molecule has 0 saturated carbocycles. The Labute approximate surface area is 108 Å². The first-order chi connectivity index (χ1) is 8.58. The smallest absolute Gasteiger partial charge is 0.224 e. The number of carbonyl (C=O) groups excluding carboxylic acids is 1. The van der Waals surface area contributed by atoms with Crippen LogP contribution in [0.3, 0.4) is 0 Å². The molecule has 0 atom stereocenters. The fraction of sp³-hybridized carbons (Fsp3) is 0.692. The molecule has 5 nitrogen and oxygen atoms in total. The first-order valence-corrected chi connectivity index (χ1v) is 6.58. The Morgan fingerprint density at radius 3 is 2.67 bits per heavy atom. The summed E-state index contributed by atoms with van der Waals surface area (Å²) in [6.45, 7) is 5.96. The highest BCUT2D eigenvalue weighted by Crippen LogP contribution is 2.21. The van der Waals surface area contributed by atoms with Crippen LogP contribution in [0.5, 0.6) is 0 Å². The van der Waals surface area contributed by atoms with Crippen molar-refractivity contribution in [3.05, 3.63) is 11.4 Å². The summed E-state index contributed by atoms with van der Waals surface area (Å²) >= 11 is 0. The molecule has 1 fully saturated rings. The van der Waals surface area contributed by atoms with E-state index in [1.165, 1.54) is 0 Å². The molecule has 5 heteroatoms. The molecule has 0 aliphatic carbocycles. The largest absolute Gasteiger partial charge is 0.323 e. The zero-order valence-corrected chi connectivity index (χ0v) is 11.4. The van der Waals surface area contributed by atoms with Crippen LogP contribution in [0.1, 0.15) is 30.7 Å². The minimum absolute atomic E-state index is 0.112.